The maximum absolute atomic E-state index is 8.77. The van der Waals surface area contributed by atoms with Gasteiger partial charge >= 0.3 is 0 Å². The lowest BCUT2D eigenvalue weighted by atomic mass is 10.1. The van der Waals surface area contributed by atoms with Crippen molar-refractivity contribution in [2.75, 3.05) is 24.4 Å². The zero-order valence-electron chi connectivity index (χ0n) is 10.6. The van der Waals surface area contributed by atoms with E-state index >= 15 is 0 Å². The van der Waals surface area contributed by atoms with Crippen molar-refractivity contribution < 1.29 is 5.11 Å². The molecular formula is C13H29OS+. The smallest absolute Gasteiger partial charge is 0.130 e. The largest absolute Gasteiger partial charge is 0.391 e. The normalized spacial score (nSPS) is 13.0. The highest BCUT2D eigenvalue weighted by Gasteiger charge is 2.08. The zero-order chi connectivity index (χ0) is 11.4. The highest BCUT2D eigenvalue weighted by atomic mass is 32.2. The van der Waals surface area contributed by atoms with Gasteiger partial charge in [0.05, 0.1) is 12.9 Å². The summed E-state index contributed by atoms with van der Waals surface area (Å²) in [6.45, 7) is 2.64. The second kappa shape index (κ2) is 12.4. The average Bonchev–Trinajstić information content (AvgIpc) is 2.22. The Morgan fingerprint density at radius 2 is 1.33 bits per heavy atom. The molecule has 1 atom stereocenters. The van der Waals surface area contributed by atoms with Gasteiger partial charge in [0.25, 0.3) is 0 Å². The lowest BCUT2D eigenvalue weighted by molar-refractivity contribution is 0.322. The first-order chi connectivity index (χ1) is 7.31. The Bertz CT molecular complexity index is 117. The summed E-state index contributed by atoms with van der Waals surface area (Å²) >= 11 is 0. The Kier molecular flexibility index (Phi) is 12.6. The van der Waals surface area contributed by atoms with E-state index < -0.39 is 0 Å². The third-order valence-electron chi connectivity index (χ3n) is 2.79. The van der Waals surface area contributed by atoms with E-state index in [1.54, 1.807) is 0 Å². The van der Waals surface area contributed by atoms with E-state index in [0.29, 0.717) is 17.5 Å². The van der Waals surface area contributed by atoms with E-state index in [4.69, 9.17) is 5.11 Å². The van der Waals surface area contributed by atoms with Gasteiger partial charge in [-0.3, -0.25) is 0 Å². The molecule has 0 heterocycles. The van der Waals surface area contributed by atoms with E-state index in [-0.39, 0.29) is 0 Å². The van der Waals surface area contributed by atoms with Crippen LogP contribution in [0.2, 0.25) is 0 Å². The molecule has 1 nitrogen and oxygen atoms in total. The van der Waals surface area contributed by atoms with E-state index in [1.807, 2.05) is 0 Å². The van der Waals surface area contributed by atoms with Gasteiger partial charge in [-0.1, -0.05) is 45.4 Å². The Labute approximate surface area is 99.0 Å². The molecule has 1 unspecified atom stereocenters. The molecule has 0 bridgehead atoms. The standard InChI is InChI=1S/C13H29OS/c1-3-4-5-6-7-8-9-10-12-15(2)13-11-14/h14H,3-13H2,1-2H3/q+1. The van der Waals surface area contributed by atoms with Crippen molar-refractivity contribution in [1.29, 1.82) is 0 Å². The molecule has 0 saturated carbocycles. The maximum atomic E-state index is 8.77. The van der Waals surface area contributed by atoms with Crippen LogP contribution in [0.1, 0.15) is 58.3 Å². The Balaban J connectivity index is 2.98. The van der Waals surface area contributed by atoms with Crippen LogP contribution in [0.15, 0.2) is 0 Å². The second-order valence-corrected chi connectivity index (χ2v) is 6.77. The molecule has 0 amide bonds. The molecule has 0 fully saturated rings. The fourth-order valence-electron chi connectivity index (χ4n) is 1.74. The minimum atomic E-state index is 0.372. The molecule has 92 valence electrons. The van der Waals surface area contributed by atoms with E-state index in [2.05, 4.69) is 13.2 Å². The summed E-state index contributed by atoms with van der Waals surface area (Å²) in [5.74, 6) is 2.34. The lowest BCUT2D eigenvalue weighted by Gasteiger charge is -2.02. The van der Waals surface area contributed by atoms with Gasteiger partial charge in [-0.15, -0.1) is 0 Å². The average molecular weight is 233 g/mol. The van der Waals surface area contributed by atoms with Gasteiger partial charge in [0.15, 0.2) is 0 Å². The summed E-state index contributed by atoms with van der Waals surface area (Å²) in [6.07, 6.45) is 13.5. The summed E-state index contributed by atoms with van der Waals surface area (Å²) in [4.78, 5) is 0. The number of hydrogen-bond donors (Lipinski definition) is 1. The van der Waals surface area contributed by atoms with Crippen molar-refractivity contribution >= 4 is 10.9 Å². The Morgan fingerprint density at radius 3 is 1.87 bits per heavy atom. The lowest BCUT2D eigenvalue weighted by Crippen LogP contribution is -2.12. The van der Waals surface area contributed by atoms with E-state index in [9.17, 15) is 0 Å². The van der Waals surface area contributed by atoms with Gasteiger partial charge in [-0.25, -0.2) is 0 Å². The van der Waals surface area contributed by atoms with Crippen molar-refractivity contribution in [2.24, 2.45) is 0 Å². The van der Waals surface area contributed by atoms with Crippen LogP contribution in [-0.4, -0.2) is 29.5 Å². The molecule has 0 aliphatic rings. The fraction of sp³-hybridized carbons (Fsp3) is 1.00. The van der Waals surface area contributed by atoms with Gasteiger partial charge in [0, 0.05) is 0 Å². The molecular weight excluding hydrogens is 204 g/mol. The van der Waals surface area contributed by atoms with Crippen LogP contribution in [-0.2, 0) is 10.9 Å². The molecule has 0 aliphatic carbocycles. The molecule has 2 heteroatoms. The van der Waals surface area contributed by atoms with Crippen molar-refractivity contribution in [3.05, 3.63) is 0 Å². The third kappa shape index (κ3) is 12.2. The van der Waals surface area contributed by atoms with Gasteiger partial charge in [0.2, 0.25) is 0 Å². The Hall–Kier alpha value is 0.310. The quantitative estimate of drug-likeness (QED) is 0.428. The molecule has 15 heavy (non-hydrogen) atoms. The van der Waals surface area contributed by atoms with Crippen molar-refractivity contribution in [3.63, 3.8) is 0 Å². The van der Waals surface area contributed by atoms with Crippen LogP contribution < -0.4 is 0 Å². The summed E-state index contributed by atoms with van der Waals surface area (Å²) < 4.78 is 0. The van der Waals surface area contributed by atoms with Gasteiger partial charge in [-0.05, 0) is 23.7 Å². The third-order valence-corrected chi connectivity index (χ3v) is 4.65. The number of aliphatic hydroxyl groups excluding tert-OH is 1. The summed E-state index contributed by atoms with van der Waals surface area (Å²) in [5, 5.41) is 8.77. The first-order valence-corrected chi connectivity index (χ1v) is 8.48. The van der Waals surface area contributed by atoms with Crippen molar-refractivity contribution in [3.8, 4) is 0 Å². The van der Waals surface area contributed by atoms with Crippen LogP contribution in [0.3, 0.4) is 0 Å². The van der Waals surface area contributed by atoms with Gasteiger partial charge in [-0.2, -0.15) is 0 Å². The topological polar surface area (TPSA) is 20.2 Å². The highest BCUT2D eigenvalue weighted by molar-refractivity contribution is 7.96. The molecule has 0 aromatic heterocycles. The van der Waals surface area contributed by atoms with Gasteiger partial charge < -0.3 is 5.11 Å². The van der Waals surface area contributed by atoms with E-state index in [0.717, 1.165) is 5.75 Å². The molecule has 0 aromatic rings. The zero-order valence-corrected chi connectivity index (χ0v) is 11.5. The SMILES string of the molecule is CCCCCCCCCC[S+](C)CCO. The van der Waals surface area contributed by atoms with Gasteiger partial charge in [0.1, 0.15) is 11.5 Å². The van der Waals surface area contributed by atoms with Crippen LogP contribution in [0.25, 0.3) is 0 Å². The molecule has 0 radical (unpaired) electrons. The maximum Gasteiger partial charge on any atom is 0.130 e. The van der Waals surface area contributed by atoms with Crippen molar-refractivity contribution in [1.82, 2.24) is 0 Å². The molecule has 0 saturated heterocycles. The number of aliphatic hydroxyl groups is 1. The molecule has 0 rings (SSSR count). The minimum Gasteiger partial charge on any atom is -0.391 e. The highest BCUT2D eigenvalue weighted by Crippen LogP contribution is 2.09. The number of unbranched alkanes of at least 4 members (excludes halogenated alkanes) is 7. The van der Waals surface area contributed by atoms with Crippen LogP contribution in [0.5, 0.6) is 0 Å². The van der Waals surface area contributed by atoms with Crippen LogP contribution >= 0.6 is 0 Å². The first-order valence-electron chi connectivity index (χ1n) is 6.51. The minimum absolute atomic E-state index is 0.372. The van der Waals surface area contributed by atoms with Crippen LogP contribution in [0, 0.1) is 0 Å². The molecule has 0 aromatic carbocycles. The number of rotatable bonds is 11. The monoisotopic (exact) mass is 233 g/mol. The molecule has 0 spiro atoms. The predicted molar refractivity (Wildman–Crippen MR) is 72.7 cm³/mol. The predicted octanol–water partition coefficient (Wildman–Crippen LogP) is 3.37. The van der Waals surface area contributed by atoms with Crippen LogP contribution in [0.4, 0.5) is 0 Å². The fourth-order valence-corrected chi connectivity index (χ4v) is 2.95. The van der Waals surface area contributed by atoms with E-state index in [1.165, 1.54) is 57.1 Å². The second-order valence-electron chi connectivity index (χ2n) is 4.39. The first kappa shape index (κ1) is 15.3. The number of hydrogen-bond acceptors (Lipinski definition) is 1. The van der Waals surface area contributed by atoms with Crippen molar-refractivity contribution in [2.45, 2.75) is 58.3 Å². The summed E-state index contributed by atoms with van der Waals surface area (Å²) in [6, 6.07) is 0. The molecule has 1 N–H and O–H groups in total. The molecule has 0 aliphatic heterocycles. The summed E-state index contributed by atoms with van der Waals surface area (Å²) in [7, 11) is 0.470. The Morgan fingerprint density at radius 1 is 0.800 bits per heavy atom. The summed E-state index contributed by atoms with van der Waals surface area (Å²) in [5.41, 5.74) is 0.